The molecule has 0 saturated heterocycles. The summed E-state index contributed by atoms with van der Waals surface area (Å²) in [6.45, 7) is 0. The van der Waals surface area contributed by atoms with Crippen LogP contribution in [0.25, 0.3) is 5.52 Å². The highest BCUT2D eigenvalue weighted by Crippen LogP contribution is 2.52. The molecule has 1 aliphatic rings. The highest BCUT2D eigenvalue weighted by molar-refractivity contribution is 7.87. The van der Waals surface area contributed by atoms with Gasteiger partial charge in [-0.2, -0.15) is 21.6 Å². The maximum atomic E-state index is 12.7. The van der Waals surface area contributed by atoms with Crippen molar-refractivity contribution in [3.05, 3.63) is 30.0 Å². The second kappa shape index (κ2) is 5.05. The van der Waals surface area contributed by atoms with Gasteiger partial charge in [0.2, 0.25) is 6.43 Å². The summed E-state index contributed by atoms with van der Waals surface area (Å²) in [6.07, 6.45) is -1.05. The summed E-state index contributed by atoms with van der Waals surface area (Å²) in [5.41, 5.74) is -4.91. The quantitative estimate of drug-likeness (QED) is 0.480. The second-order valence-electron chi connectivity index (χ2n) is 5.10. The van der Waals surface area contributed by atoms with E-state index in [2.05, 4.69) is 9.28 Å². The summed E-state index contributed by atoms with van der Waals surface area (Å²) >= 11 is 0. The van der Waals surface area contributed by atoms with E-state index in [4.69, 9.17) is 0 Å². The van der Waals surface area contributed by atoms with Gasteiger partial charge in [0.15, 0.2) is 0 Å². The molecule has 0 radical (unpaired) electrons. The van der Waals surface area contributed by atoms with Crippen LogP contribution in [0.2, 0.25) is 0 Å². The standard InChI is InChI=1S/C12H9F5N2O3S/c13-11(14)8-4-6(8)7-5-10(18-19-3-1-2-9(7)19)22-23(20,21)12(15,16)17/h1-3,5-6,8,11H,4H2/t6-,8+/m1/s1. The van der Waals surface area contributed by atoms with Crippen LogP contribution in [0.1, 0.15) is 17.9 Å². The predicted octanol–water partition coefficient (Wildman–Crippen LogP) is 2.93. The molecule has 2 aromatic rings. The maximum absolute atomic E-state index is 12.7. The van der Waals surface area contributed by atoms with Gasteiger partial charge >= 0.3 is 15.6 Å². The Balaban J connectivity index is 2.00. The molecule has 2 aromatic heterocycles. The molecule has 0 bridgehead atoms. The molecule has 0 aliphatic heterocycles. The minimum Gasteiger partial charge on any atom is -0.354 e. The first-order valence-electron chi connectivity index (χ1n) is 6.37. The van der Waals surface area contributed by atoms with Crippen LogP contribution in [0.5, 0.6) is 5.88 Å². The number of fused-ring (bicyclic) bond motifs is 1. The number of hydrogen-bond acceptors (Lipinski definition) is 4. The molecule has 1 fully saturated rings. The molecule has 0 amide bonds. The number of rotatable bonds is 4. The summed E-state index contributed by atoms with van der Waals surface area (Å²) in [4.78, 5) is 0. The normalized spacial score (nSPS) is 21.8. The first-order chi connectivity index (χ1) is 10.6. The molecule has 0 N–H and O–H groups in total. The van der Waals surface area contributed by atoms with E-state index in [1.165, 1.54) is 12.3 Å². The second-order valence-corrected chi connectivity index (χ2v) is 6.64. The summed E-state index contributed by atoms with van der Waals surface area (Å²) in [7, 11) is -5.88. The van der Waals surface area contributed by atoms with Gasteiger partial charge in [-0.15, -0.1) is 5.10 Å². The molecule has 0 aromatic carbocycles. The number of aromatic nitrogens is 2. The third-order valence-corrected chi connectivity index (χ3v) is 4.51. The smallest absolute Gasteiger partial charge is 0.354 e. The van der Waals surface area contributed by atoms with Crippen molar-refractivity contribution < 1.29 is 34.6 Å². The van der Waals surface area contributed by atoms with Crippen LogP contribution in [-0.4, -0.2) is 30.0 Å². The fourth-order valence-corrected chi connectivity index (χ4v) is 2.78. The van der Waals surface area contributed by atoms with Crippen LogP contribution in [0, 0.1) is 5.92 Å². The van der Waals surface area contributed by atoms with Crippen LogP contribution < -0.4 is 4.18 Å². The molecule has 2 atom stereocenters. The van der Waals surface area contributed by atoms with Gasteiger partial charge in [0, 0.05) is 18.2 Å². The minimum absolute atomic E-state index is 0.161. The Labute approximate surface area is 126 Å². The van der Waals surface area contributed by atoms with Crippen LogP contribution in [0.15, 0.2) is 24.4 Å². The lowest BCUT2D eigenvalue weighted by Gasteiger charge is -2.11. The van der Waals surface area contributed by atoms with Gasteiger partial charge in [-0.1, -0.05) is 0 Å². The topological polar surface area (TPSA) is 60.7 Å². The average Bonchev–Trinajstić information content (AvgIpc) is 3.07. The average molecular weight is 356 g/mol. The van der Waals surface area contributed by atoms with Crippen molar-refractivity contribution in [3.8, 4) is 5.88 Å². The molecular weight excluding hydrogens is 347 g/mol. The highest BCUT2D eigenvalue weighted by atomic mass is 32.2. The molecule has 1 saturated carbocycles. The lowest BCUT2D eigenvalue weighted by molar-refractivity contribution is -0.0501. The first-order valence-corrected chi connectivity index (χ1v) is 7.78. The van der Waals surface area contributed by atoms with Crippen molar-refractivity contribution in [2.45, 2.75) is 24.3 Å². The van der Waals surface area contributed by atoms with Gasteiger partial charge in [0.05, 0.1) is 5.52 Å². The highest BCUT2D eigenvalue weighted by Gasteiger charge is 2.49. The van der Waals surface area contributed by atoms with Crippen molar-refractivity contribution in [2.75, 3.05) is 0 Å². The van der Waals surface area contributed by atoms with E-state index >= 15 is 0 Å². The molecule has 0 unspecified atom stereocenters. The van der Waals surface area contributed by atoms with E-state index in [1.54, 1.807) is 6.07 Å². The van der Waals surface area contributed by atoms with E-state index in [-0.39, 0.29) is 12.0 Å². The molecule has 126 valence electrons. The van der Waals surface area contributed by atoms with Gasteiger partial charge in [-0.05, 0) is 30.0 Å². The Hall–Kier alpha value is -1.91. The lowest BCUT2D eigenvalue weighted by Crippen LogP contribution is -2.28. The Bertz CT molecular complexity index is 846. The van der Waals surface area contributed by atoms with Crippen LogP contribution >= 0.6 is 0 Å². The maximum Gasteiger partial charge on any atom is 0.534 e. The number of hydrogen-bond donors (Lipinski definition) is 0. The molecule has 1 aliphatic carbocycles. The molecule has 11 heteroatoms. The zero-order valence-corrected chi connectivity index (χ0v) is 12.0. The first kappa shape index (κ1) is 16.0. The van der Waals surface area contributed by atoms with Crippen LogP contribution in [-0.2, 0) is 10.1 Å². The molecule has 23 heavy (non-hydrogen) atoms. The largest absolute Gasteiger partial charge is 0.534 e. The van der Waals surface area contributed by atoms with Gasteiger partial charge < -0.3 is 4.18 Å². The van der Waals surface area contributed by atoms with Gasteiger partial charge in [0.25, 0.3) is 5.88 Å². The summed E-state index contributed by atoms with van der Waals surface area (Å²) in [5.74, 6) is -2.31. The third kappa shape index (κ3) is 2.84. The molecule has 5 nitrogen and oxygen atoms in total. The SMILES string of the molecule is O=S(=O)(Oc1cc([C@H]2C[C@@H]2C(F)F)c2cccn2n1)C(F)(F)F. The number of alkyl halides is 5. The van der Waals surface area contributed by atoms with Crippen LogP contribution in [0.4, 0.5) is 22.0 Å². The van der Waals surface area contributed by atoms with Crippen molar-refractivity contribution in [3.63, 3.8) is 0 Å². The van der Waals surface area contributed by atoms with Crippen molar-refractivity contribution in [2.24, 2.45) is 5.92 Å². The fourth-order valence-electron chi connectivity index (χ4n) is 2.38. The Kier molecular flexibility index (Phi) is 3.50. The molecular formula is C12H9F5N2O3S. The van der Waals surface area contributed by atoms with Crippen molar-refractivity contribution >= 4 is 15.6 Å². The summed E-state index contributed by atoms with van der Waals surface area (Å²) < 4.78 is 89.7. The molecule has 3 rings (SSSR count). The lowest BCUT2D eigenvalue weighted by atomic mass is 10.1. The fraction of sp³-hybridized carbons (Fsp3) is 0.417. The Morgan fingerprint density at radius 2 is 2.04 bits per heavy atom. The Morgan fingerprint density at radius 1 is 1.35 bits per heavy atom. The summed E-state index contributed by atoms with van der Waals surface area (Å²) in [5, 5.41) is 3.60. The van der Waals surface area contributed by atoms with E-state index in [9.17, 15) is 30.4 Å². The van der Waals surface area contributed by atoms with Crippen LogP contribution in [0.3, 0.4) is 0 Å². The van der Waals surface area contributed by atoms with E-state index in [0.29, 0.717) is 5.52 Å². The zero-order chi connectivity index (χ0) is 17.0. The van der Waals surface area contributed by atoms with Gasteiger partial charge in [0.1, 0.15) is 0 Å². The number of nitrogens with zero attached hydrogens (tertiary/aromatic N) is 2. The predicted molar refractivity (Wildman–Crippen MR) is 67.6 cm³/mol. The minimum atomic E-state index is -5.88. The van der Waals surface area contributed by atoms with Crippen molar-refractivity contribution in [1.29, 1.82) is 0 Å². The van der Waals surface area contributed by atoms with E-state index in [0.717, 1.165) is 10.6 Å². The monoisotopic (exact) mass is 356 g/mol. The molecule has 0 spiro atoms. The van der Waals surface area contributed by atoms with Crippen molar-refractivity contribution in [1.82, 2.24) is 9.61 Å². The zero-order valence-electron chi connectivity index (χ0n) is 11.2. The number of halogens is 5. The van der Waals surface area contributed by atoms with E-state index in [1.807, 2.05) is 0 Å². The summed E-state index contributed by atoms with van der Waals surface area (Å²) in [6, 6.07) is 4.02. The van der Waals surface area contributed by atoms with Gasteiger partial charge in [-0.3, -0.25) is 0 Å². The third-order valence-electron chi connectivity index (χ3n) is 3.55. The van der Waals surface area contributed by atoms with E-state index < -0.39 is 39.8 Å². The molecule has 2 heterocycles. The van der Waals surface area contributed by atoms with Gasteiger partial charge in [-0.25, -0.2) is 13.3 Å². The Morgan fingerprint density at radius 3 is 2.61 bits per heavy atom.